The molecule has 1 fully saturated rings. The van der Waals surface area contributed by atoms with Crippen LogP contribution in [0.2, 0.25) is 0 Å². The van der Waals surface area contributed by atoms with Crippen molar-refractivity contribution in [2.24, 2.45) is 5.73 Å². The summed E-state index contributed by atoms with van der Waals surface area (Å²) in [7, 11) is 1.72. The largest absolute Gasteiger partial charge is 0.497 e. The molecule has 0 saturated carbocycles. The number of ether oxygens (including phenoxy) is 1. The third kappa shape index (κ3) is 3.85. The van der Waals surface area contributed by atoms with Crippen molar-refractivity contribution in [3.8, 4) is 5.75 Å². The van der Waals surface area contributed by atoms with Crippen molar-refractivity contribution in [1.29, 1.82) is 0 Å². The van der Waals surface area contributed by atoms with Crippen LogP contribution in [0.4, 0.5) is 5.82 Å². The number of nitrogens with zero attached hydrogens (tertiary/aromatic N) is 3. The van der Waals surface area contributed by atoms with Gasteiger partial charge in [0.25, 0.3) is 0 Å². The highest BCUT2D eigenvalue weighted by Crippen LogP contribution is 2.31. The van der Waals surface area contributed by atoms with E-state index in [1.54, 1.807) is 7.11 Å². The molecule has 0 bridgehead atoms. The minimum Gasteiger partial charge on any atom is -0.497 e. The molecule has 0 amide bonds. The molecule has 1 aliphatic heterocycles. The molecule has 2 heterocycles. The van der Waals surface area contributed by atoms with Crippen LogP contribution in [-0.2, 0) is 6.42 Å². The Morgan fingerprint density at radius 3 is 2.96 bits per heavy atom. The number of methoxy groups -OCH3 is 1. The normalized spacial score (nSPS) is 17.8. The molecule has 0 spiro atoms. The van der Waals surface area contributed by atoms with Crippen molar-refractivity contribution >= 4 is 5.82 Å². The van der Waals surface area contributed by atoms with Crippen LogP contribution < -0.4 is 15.4 Å². The van der Waals surface area contributed by atoms with Crippen LogP contribution in [0.3, 0.4) is 0 Å². The Morgan fingerprint density at radius 1 is 1.29 bits per heavy atom. The van der Waals surface area contributed by atoms with Gasteiger partial charge in [0.15, 0.2) is 0 Å². The third-order valence-corrected chi connectivity index (χ3v) is 4.59. The first-order valence-corrected chi connectivity index (χ1v) is 8.63. The van der Waals surface area contributed by atoms with E-state index in [4.69, 9.17) is 10.5 Å². The highest BCUT2D eigenvalue weighted by molar-refractivity contribution is 5.42. The van der Waals surface area contributed by atoms with E-state index in [1.165, 1.54) is 12.0 Å². The van der Waals surface area contributed by atoms with E-state index in [0.29, 0.717) is 12.5 Å². The highest BCUT2D eigenvalue weighted by atomic mass is 16.5. The summed E-state index contributed by atoms with van der Waals surface area (Å²) in [5, 5.41) is 0. The molecule has 0 aliphatic carbocycles. The van der Waals surface area contributed by atoms with E-state index in [2.05, 4.69) is 39.1 Å². The summed E-state index contributed by atoms with van der Waals surface area (Å²) < 4.78 is 5.37. The van der Waals surface area contributed by atoms with Crippen molar-refractivity contribution in [2.45, 2.75) is 32.1 Å². The molecule has 2 aromatic rings. The standard InChI is InChI=1S/C19H26N4O/c1-14-21-17(8-9-20)12-19(22-14)23-10-4-6-16(13-23)15-5-3-7-18(11-15)24-2/h3,5,7,11-12,16H,4,6,8-10,13,20H2,1-2H3/t16-/m1/s1. The number of aryl methyl sites for hydroxylation is 1. The maximum atomic E-state index is 5.68. The van der Waals surface area contributed by atoms with Crippen molar-refractivity contribution in [2.75, 3.05) is 31.6 Å². The van der Waals surface area contributed by atoms with Gasteiger partial charge < -0.3 is 15.4 Å². The summed E-state index contributed by atoms with van der Waals surface area (Å²) in [6, 6.07) is 10.5. The molecule has 1 saturated heterocycles. The fraction of sp³-hybridized carbons (Fsp3) is 0.474. The van der Waals surface area contributed by atoms with Gasteiger partial charge in [-0.3, -0.25) is 0 Å². The Bertz CT molecular complexity index is 689. The summed E-state index contributed by atoms with van der Waals surface area (Å²) in [5.74, 6) is 3.27. The van der Waals surface area contributed by atoms with Gasteiger partial charge >= 0.3 is 0 Å². The lowest BCUT2D eigenvalue weighted by Crippen LogP contribution is -2.35. The van der Waals surface area contributed by atoms with Gasteiger partial charge in [-0.1, -0.05) is 12.1 Å². The number of hydrogen-bond donors (Lipinski definition) is 1. The number of nitrogens with two attached hydrogens (primary N) is 1. The van der Waals surface area contributed by atoms with Crippen molar-refractivity contribution in [1.82, 2.24) is 9.97 Å². The lowest BCUT2D eigenvalue weighted by molar-refractivity contribution is 0.412. The molecule has 1 aromatic carbocycles. The van der Waals surface area contributed by atoms with Gasteiger partial charge in [-0.15, -0.1) is 0 Å². The molecule has 5 nitrogen and oxygen atoms in total. The van der Waals surface area contributed by atoms with Gasteiger partial charge in [0, 0.05) is 37.2 Å². The average Bonchev–Trinajstić information content (AvgIpc) is 2.62. The number of anilines is 1. The van der Waals surface area contributed by atoms with Gasteiger partial charge in [0.2, 0.25) is 0 Å². The SMILES string of the molecule is COc1cccc([C@@H]2CCCN(c3cc(CCN)nc(C)n3)C2)c1. The molecule has 3 rings (SSSR count). The zero-order valence-corrected chi connectivity index (χ0v) is 14.5. The van der Waals surface area contributed by atoms with E-state index in [1.807, 2.05) is 13.0 Å². The van der Waals surface area contributed by atoms with Crippen molar-refractivity contribution < 1.29 is 4.74 Å². The molecule has 5 heteroatoms. The van der Waals surface area contributed by atoms with Crippen LogP contribution in [0, 0.1) is 6.92 Å². The first-order valence-electron chi connectivity index (χ1n) is 8.63. The summed E-state index contributed by atoms with van der Waals surface area (Å²) in [5.41, 5.74) is 8.05. The molecule has 1 aromatic heterocycles. The second kappa shape index (κ2) is 7.62. The topological polar surface area (TPSA) is 64.3 Å². The molecule has 1 aliphatic rings. The van der Waals surface area contributed by atoms with Gasteiger partial charge in [-0.2, -0.15) is 0 Å². The van der Waals surface area contributed by atoms with E-state index in [0.717, 1.165) is 49.0 Å². The Hall–Kier alpha value is -2.14. The zero-order chi connectivity index (χ0) is 16.9. The van der Waals surface area contributed by atoms with Crippen molar-refractivity contribution in [3.05, 3.63) is 47.4 Å². The van der Waals surface area contributed by atoms with Gasteiger partial charge in [-0.05, 0) is 44.0 Å². The Kier molecular flexibility index (Phi) is 5.30. The van der Waals surface area contributed by atoms with Crippen LogP contribution in [0.25, 0.3) is 0 Å². The molecule has 1 atom stereocenters. The Morgan fingerprint density at radius 2 is 2.17 bits per heavy atom. The molecular formula is C19H26N4O. The smallest absolute Gasteiger partial charge is 0.132 e. The van der Waals surface area contributed by atoms with Crippen LogP contribution >= 0.6 is 0 Å². The molecular weight excluding hydrogens is 300 g/mol. The molecule has 24 heavy (non-hydrogen) atoms. The van der Waals surface area contributed by atoms with Crippen LogP contribution in [0.1, 0.15) is 35.8 Å². The second-order valence-electron chi connectivity index (χ2n) is 6.37. The number of aromatic nitrogens is 2. The molecule has 128 valence electrons. The van der Waals surface area contributed by atoms with Gasteiger partial charge in [-0.25, -0.2) is 9.97 Å². The fourth-order valence-electron chi connectivity index (χ4n) is 3.40. The quantitative estimate of drug-likeness (QED) is 0.915. The Labute approximate surface area is 143 Å². The van der Waals surface area contributed by atoms with Gasteiger partial charge in [0.05, 0.1) is 7.11 Å². The molecule has 2 N–H and O–H groups in total. The minimum absolute atomic E-state index is 0.502. The van der Waals surface area contributed by atoms with E-state index >= 15 is 0 Å². The fourth-order valence-corrected chi connectivity index (χ4v) is 3.40. The first-order chi connectivity index (χ1) is 11.7. The summed E-state index contributed by atoms with van der Waals surface area (Å²) in [4.78, 5) is 11.5. The predicted molar refractivity (Wildman–Crippen MR) is 96.7 cm³/mol. The highest BCUT2D eigenvalue weighted by Gasteiger charge is 2.23. The number of hydrogen-bond acceptors (Lipinski definition) is 5. The van der Waals surface area contributed by atoms with Crippen molar-refractivity contribution in [3.63, 3.8) is 0 Å². The summed E-state index contributed by atoms with van der Waals surface area (Å²) in [6.07, 6.45) is 3.16. The lowest BCUT2D eigenvalue weighted by atomic mass is 9.90. The zero-order valence-electron chi connectivity index (χ0n) is 14.5. The molecule has 0 unspecified atom stereocenters. The average molecular weight is 326 g/mol. The lowest BCUT2D eigenvalue weighted by Gasteiger charge is -2.34. The minimum atomic E-state index is 0.502. The maximum Gasteiger partial charge on any atom is 0.132 e. The van der Waals surface area contributed by atoms with Crippen LogP contribution in [0.15, 0.2) is 30.3 Å². The van der Waals surface area contributed by atoms with E-state index in [9.17, 15) is 0 Å². The van der Waals surface area contributed by atoms with Crippen LogP contribution in [0.5, 0.6) is 5.75 Å². The predicted octanol–water partition coefficient (Wildman–Crippen LogP) is 2.68. The van der Waals surface area contributed by atoms with E-state index in [-0.39, 0.29) is 0 Å². The monoisotopic (exact) mass is 326 g/mol. The van der Waals surface area contributed by atoms with E-state index < -0.39 is 0 Å². The number of rotatable bonds is 5. The molecule has 0 radical (unpaired) electrons. The maximum absolute atomic E-state index is 5.68. The van der Waals surface area contributed by atoms with Crippen LogP contribution in [-0.4, -0.2) is 36.7 Å². The Balaban J connectivity index is 1.80. The summed E-state index contributed by atoms with van der Waals surface area (Å²) in [6.45, 7) is 4.58. The second-order valence-corrected chi connectivity index (χ2v) is 6.37. The third-order valence-electron chi connectivity index (χ3n) is 4.59. The van der Waals surface area contributed by atoms with Gasteiger partial charge in [0.1, 0.15) is 17.4 Å². The summed E-state index contributed by atoms with van der Waals surface area (Å²) >= 11 is 0. The number of benzene rings is 1. The number of piperidine rings is 1. The first kappa shape index (κ1) is 16.7.